The monoisotopic (exact) mass is 202 g/mol. The maximum Gasteiger partial charge on any atom is 0.132 e. The Balaban J connectivity index is 2.94. The highest BCUT2D eigenvalue weighted by Gasteiger charge is 2.01. The molecular formula is C9H11ClOS. The molecule has 0 aliphatic heterocycles. The fourth-order valence-electron chi connectivity index (χ4n) is 0.916. The standard InChI is InChI=1S/C9H11ClOS/c1-3-11-8-5-4-7(10)6-9(8)12-2/h4-6H,3H2,1-2H3. The van der Waals surface area contributed by atoms with E-state index in [9.17, 15) is 0 Å². The van der Waals surface area contributed by atoms with Crippen LogP contribution in [-0.2, 0) is 0 Å². The van der Waals surface area contributed by atoms with Crippen molar-refractivity contribution in [3.63, 3.8) is 0 Å². The van der Waals surface area contributed by atoms with E-state index in [-0.39, 0.29) is 0 Å². The van der Waals surface area contributed by atoms with E-state index in [1.54, 1.807) is 11.8 Å². The molecule has 3 heteroatoms. The number of hydrogen-bond donors (Lipinski definition) is 0. The molecule has 0 heterocycles. The minimum Gasteiger partial charge on any atom is -0.493 e. The van der Waals surface area contributed by atoms with Gasteiger partial charge in [-0.1, -0.05) is 11.6 Å². The van der Waals surface area contributed by atoms with Gasteiger partial charge in [-0.2, -0.15) is 0 Å². The highest BCUT2D eigenvalue weighted by atomic mass is 35.5. The van der Waals surface area contributed by atoms with Crippen molar-refractivity contribution >= 4 is 23.4 Å². The van der Waals surface area contributed by atoms with Gasteiger partial charge in [-0.25, -0.2) is 0 Å². The summed E-state index contributed by atoms with van der Waals surface area (Å²) in [6.07, 6.45) is 2.01. The molecule has 1 rings (SSSR count). The summed E-state index contributed by atoms with van der Waals surface area (Å²) in [4.78, 5) is 1.09. The lowest BCUT2D eigenvalue weighted by molar-refractivity contribution is 0.332. The molecule has 0 saturated heterocycles. The topological polar surface area (TPSA) is 9.23 Å². The van der Waals surface area contributed by atoms with Gasteiger partial charge < -0.3 is 4.74 Å². The summed E-state index contributed by atoms with van der Waals surface area (Å²) in [6, 6.07) is 5.65. The maximum atomic E-state index is 5.83. The van der Waals surface area contributed by atoms with E-state index in [0.29, 0.717) is 6.61 Å². The number of halogens is 1. The van der Waals surface area contributed by atoms with Crippen LogP contribution in [0.2, 0.25) is 5.02 Å². The van der Waals surface area contributed by atoms with Crippen LogP contribution in [0.1, 0.15) is 6.92 Å². The number of ether oxygens (including phenoxy) is 1. The van der Waals surface area contributed by atoms with Crippen LogP contribution < -0.4 is 4.74 Å². The molecule has 0 fully saturated rings. The van der Waals surface area contributed by atoms with Gasteiger partial charge in [-0.3, -0.25) is 0 Å². The molecule has 0 unspecified atom stereocenters. The van der Waals surface area contributed by atoms with E-state index in [4.69, 9.17) is 16.3 Å². The van der Waals surface area contributed by atoms with Crippen LogP contribution in [0.25, 0.3) is 0 Å². The normalized spacial score (nSPS) is 9.92. The van der Waals surface area contributed by atoms with Gasteiger partial charge in [-0.15, -0.1) is 11.8 Å². The van der Waals surface area contributed by atoms with Crippen LogP contribution in [0.15, 0.2) is 23.1 Å². The second kappa shape index (κ2) is 4.63. The van der Waals surface area contributed by atoms with Crippen molar-refractivity contribution in [3.8, 4) is 5.75 Å². The van der Waals surface area contributed by atoms with Crippen LogP contribution in [0.3, 0.4) is 0 Å². The molecule has 0 aromatic heterocycles. The molecule has 0 saturated carbocycles. The van der Waals surface area contributed by atoms with Crippen LogP contribution >= 0.6 is 23.4 Å². The first-order valence-electron chi connectivity index (χ1n) is 3.74. The van der Waals surface area contributed by atoms with Crippen molar-refractivity contribution < 1.29 is 4.74 Å². The van der Waals surface area contributed by atoms with Crippen LogP contribution in [0, 0.1) is 0 Å². The van der Waals surface area contributed by atoms with E-state index in [2.05, 4.69) is 0 Å². The van der Waals surface area contributed by atoms with Crippen molar-refractivity contribution in [2.45, 2.75) is 11.8 Å². The third-order valence-corrected chi connectivity index (χ3v) is 2.42. The molecule has 12 heavy (non-hydrogen) atoms. The molecule has 0 amide bonds. The Kier molecular flexibility index (Phi) is 3.76. The SMILES string of the molecule is CCOc1ccc(Cl)cc1SC. The summed E-state index contributed by atoms with van der Waals surface area (Å²) in [6.45, 7) is 2.66. The quantitative estimate of drug-likeness (QED) is 0.695. The first-order valence-corrected chi connectivity index (χ1v) is 5.34. The lowest BCUT2D eigenvalue weighted by Crippen LogP contribution is -1.92. The van der Waals surface area contributed by atoms with E-state index in [0.717, 1.165) is 15.7 Å². The van der Waals surface area contributed by atoms with E-state index < -0.39 is 0 Å². The summed E-state index contributed by atoms with van der Waals surface area (Å²) in [5.41, 5.74) is 0. The predicted octanol–water partition coefficient (Wildman–Crippen LogP) is 3.46. The summed E-state index contributed by atoms with van der Waals surface area (Å²) >= 11 is 7.47. The number of benzene rings is 1. The average molecular weight is 203 g/mol. The molecule has 0 spiro atoms. The highest BCUT2D eigenvalue weighted by Crippen LogP contribution is 2.30. The first-order chi connectivity index (χ1) is 5.77. The molecule has 1 aromatic carbocycles. The summed E-state index contributed by atoms with van der Waals surface area (Å²) < 4.78 is 5.40. The molecule has 1 aromatic rings. The molecule has 66 valence electrons. The van der Waals surface area contributed by atoms with Crippen LogP contribution in [0.4, 0.5) is 0 Å². The summed E-state index contributed by atoms with van der Waals surface area (Å²) in [5, 5.41) is 0.753. The lowest BCUT2D eigenvalue weighted by atomic mass is 10.3. The van der Waals surface area contributed by atoms with Crippen LogP contribution in [-0.4, -0.2) is 12.9 Å². The van der Waals surface area contributed by atoms with Crippen molar-refractivity contribution in [1.29, 1.82) is 0 Å². The first kappa shape index (κ1) is 9.75. The number of thioether (sulfide) groups is 1. The Hall–Kier alpha value is -0.340. The Morgan fingerprint density at radius 3 is 2.83 bits per heavy atom. The fourth-order valence-corrected chi connectivity index (χ4v) is 1.73. The van der Waals surface area contributed by atoms with Gasteiger partial charge in [0.15, 0.2) is 0 Å². The molecule has 0 aliphatic rings. The second-order valence-corrected chi connectivity index (χ2v) is 3.51. The number of rotatable bonds is 3. The largest absolute Gasteiger partial charge is 0.493 e. The zero-order chi connectivity index (χ0) is 8.97. The molecule has 0 atom stereocenters. The van der Waals surface area contributed by atoms with Gasteiger partial charge in [0.1, 0.15) is 5.75 Å². The smallest absolute Gasteiger partial charge is 0.132 e. The third-order valence-electron chi connectivity index (χ3n) is 1.43. The molecule has 0 aliphatic carbocycles. The fraction of sp³-hybridized carbons (Fsp3) is 0.333. The molecular weight excluding hydrogens is 192 g/mol. The third kappa shape index (κ3) is 2.32. The maximum absolute atomic E-state index is 5.83. The van der Waals surface area contributed by atoms with Crippen molar-refractivity contribution in [2.24, 2.45) is 0 Å². The van der Waals surface area contributed by atoms with Gasteiger partial charge in [0.2, 0.25) is 0 Å². The molecule has 1 nitrogen and oxygen atoms in total. The van der Waals surface area contributed by atoms with Gasteiger partial charge in [0.25, 0.3) is 0 Å². The number of hydrogen-bond acceptors (Lipinski definition) is 2. The second-order valence-electron chi connectivity index (χ2n) is 2.23. The van der Waals surface area contributed by atoms with E-state index in [1.807, 2.05) is 31.4 Å². The van der Waals surface area contributed by atoms with Crippen molar-refractivity contribution in [3.05, 3.63) is 23.2 Å². The minimum absolute atomic E-state index is 0.690. The van der Waals surface area contributed by atoms with E-state index in [1.165, 1.54) is 0 Å². The lowest BCUT2D eigenvalue weighted by Gasteiger charge is -2.07. The zero-order valence-corrected chi connectivity index (χ0v) is 8.71. The predicted molar refractivity (Wildman–Crippen MR) is 54.4 cm³/mol. The molecule has 0 radical (unpaired) electrons. The molecule has 0 bridgehead atoms. The Labute approximate surface area is 82.1 Å². The zero-order valence-electron chi connectivity index (χ0n) is 7.13. The van der Waals surface area contributed by atoms with Crippen molar-refractivity contribution in [1.82, 2.24) is 0 Å². The van der Waals surface area contributed by atoms with Gasteiger partial charge in [0, 0.05) is 5.02 Å². The Morgan fingerprint density at radius 2 is 2.25 bits per heavy atom. The average Bonchev–Trinajstić information content (AvgIpc) is 2.08. The van der Waals surface area contributed by atoms with Crippen LogP contribution in [0.5, 0.6) is 5.75 Å². The van der Waals surface area contributed by atoms with Crippen molar-refractivity contribution in [2.75, 3.05) is 12.9 Å². The highest BCUT2D eigenvalue weighted by molar-refractivity contribution is 7.98. The Bertz CT molecular complexity index is 263. The molecule has 0 N–H and O–H groups in total. The summed E-state index contributed by atoms with van der Waals surface area (Å²) in [7, 11) is 0. The summed E-state index contributed by atoms with van der Waals surface area (Å²) in [5.74, 6) is 0.911. The Morgan fingerprint density at radius 1 is 1.50 bits per heavy atom. The van der Waals surface area contributed by atoms with Gasteiger partial charge >= 0.3 is 0 Å². The minimum atomic E-state index is 0.690. The van der Waals surface area contributed by atoms with Gasteiger partial charge in [0.05, 0.1) is 11.5 Å². The van der Waals surface area contributed by atoms with Gasteiger partial charge in [-0.05, 0) is 31.4 Å². The van der Waals surface area contributed by atoms with E-state index >= 15 is 0 Å².